The van der Waals surface area contributed by atoms with Crippen molar-refractivity contribution in [3.8, 4) is 18.2 Å². The van der Waals surface area contributed by atoms with Gasteiger partial charge in [-0.05, 0) is 46.6 Å². The Bertz CT molecular complexity index is 839. The highest BCUT2D eigenvalue weighted by Gasteiger charge is 2.35. The summed E-state index contributed by atoms with van der Waals surface area (Å²) in [6, 6.07) is 4.79. The van der Waals surface area contributed by atoms with E-state index in [0.29, 0.717) is 12.1 Å². The summed E-state index contributed by atoms with van der Waals surface area (Å²) in [5, 5.41) is 15.7. The van der Waals surface area contributed by atoms with E-state index in [9.17, 15) is 19.5 Å². The lowest BCUT2D eigenvalue weighted by atomic mass is 10.00. The van der Waals surface area contributed by atoms with Gasteiger partial charge in [0.05, 0.1) is 0 Å². The maximum atomic E-state index is 13.1. The minimum Gasteiger partial charge on any atom is -0.507 e. The van der Waals surface area contributed by atoms with Crippen molar-refractivity contribution in [2.24, 2.45) is 0 Å². The summed E-state index contributed by atoms with van der Waals surface area (Å²) in [5.41, 5.74) is -0.00812. The van der Waals surface area contributed by atoms with Crippen LogP contribution in [0.3, 0.4) is 0 Å². The second-order valence-electron chi connectivity index (χ2n) is 8.27. The Labute approximate surface area is 184 Å². The van der Waals surface area contributed by atoms with Crippen LogP contribution in [0.2, 0.25) is 0 Å². The van der Waals surface area contributed by atoms with Crippen LogP contribution in [0, 0.1) is 19.4 Å². The lowest BCUT2D eigenvalue weighted by Crippen LogP contribution is -2.50. The van der Waals surface area contributed by atoms with Crippen molar-refractivity contribution in [1.82, 2.24) is 15.5 Å². The molecule has 0 radical (unpaired) electrons. The number of amides is 3. The number of phenols is 1. The van der Waals surface area contributed by atoms with Gasteiger partial charge in [-0.2, -0.15) is 0 Å². The van der Waals surface area contributed by atoms with Crippen LogP contribution in [0.15, 0.2) is 18.2 Å². The molecule has 3 N–H and O–H groups in total. The smallest absolute Gasteiger partial charge is 0.408 e. The van der Waals surface area contributed by atoms with Gasteiger partial charge in [-0.15, -0.1) is 0 Å². The summed E-state index contributed by atoms with van der Waals surface area (Å²) >= 11 is 0. The van der Waals surface area contributed by atoms with Gasteiger partial charge in [0.15, 0.2) is 6.04 Å². The second-order valence-corrected chi connectivity index (χ2v) is 8.27. The Morgan fingerprint density at radius 3 is 2.48 bits per heavy atom. The van der Waals surface area contributed by atoms with Crippen LogP contribution >= 0.6 is 0 Å². The number of hydrogen-bond acceptors (Lipinski definition) is 5. The number of nitrogens with zero attached hydrogens (tertiary/aromatic N) is 1. The molecule has 0 aliphatic carbocycles. The Kier molecular flexibility index (Phi) is 9.38. The molecule has 0 fully saturated rings. The molecule has 0 aliphatic rings. The summed E-state index contributed by atoms with van der Waals surface area (Å²) in [6.07, 6.45) is 6.45. The lowest BCUT2D eigenvalue weighted by molar-refractivity contribution is -0.138. The minimum absolute atomic E-state index is 0.126. The first kappa shape index (κ1) is 25.8. The first-order valence-electron chi connectivity index (χ1n) is 10.3. The van der Waals surface area contributed by atoms with E-state index < -0.39 is 35.6 Å². The van der Waals surface area contributed by atoms with Gasteiger partial charge in [0.2, 0.25) is 5.91 Å². The van der Waals surface area contributed by atoms with Crippen molar-refractivity contribution in [2.75, 3.05) is 6.54 Å². The molecule has 0 spiro atoms. The van der Waals surface area contributed by atoms with E-state index in [1.807, 2.05) is 6.92 Å². The molecule has 1 rings (SSSR count). The highest BCUT2D eigenvalue weighted by molar-refractivity contribution is 5.93. The number of ether oxygens (including phenoxy) is 1. The first-order valence-corrected chi connectivity index (χ1v) is 10.3. The van der Waals surface area contributed by atoms with E-state index in [2.05, 4.69) is 16.7 Å². The zero-order valence-corrected chi connectivity index (χ0v) is 19.1. The summed E-state index contributed by atoms with van der Waals surface area (Å²) in [4.78, 5) is 39.0. The SMILES string of the molecule is C#CN(C(=O)C(C)NC(=O)OC(C)(C)C)C(C(=O)NCCCC)c1cccc(C)c1O. The van der Waals surface area contributed by atoms with E-state index in [0.717, 1.165) is 17.7 Å². The Hall–Kier alpha value is -3.21. The molecule has 1 aromatic rings. The number of aryl methyl sites for hydroxylation is 1. The summed E-state index contributed by atoms with van der Waals surface area (Å²) in [5.74, 6) is -1.34. The number of phenolic OH excluding ortho intramolecular Hbond substituents is 1. The number of unbranched alkanes of at least 4 members (excludes halogenated alkanes) is 1. The largest absolute Gasteiger partial charge is 0.507 e. The first-order chi connectivity index (χ1) is 14.4. The van der Waals surface area contributed by atoms with Crippen molar-refractivity contribution in [1.29, 1.82) is 0 Å². The number of terminal acetylenes is 1. The highest BCUT2D eigenvalue weighted by atomic mass is 16.6. The zero-order chi connectivity index (χ0) is 23.8. The third-order valence-corrected chi connectivity index (χ3v) is 4.38. The number of rotatable bonds is 8. The molecule has 8 heteroatoms. The summed E-state index contributed by atoms with van der Waals surface area (Å²) in [7, 11) is 0. The molecule has 0 aliphatic heterocycles. The molecular weight excluding hydrogens is 398 g/mol. The quantitative estimate of drug-likeness (QED) is 0.333. The Morgan fingerprint density at radius 1 is 1.29 bits per heavy atom. The molecular formula is C23H33N3O5. The van der Waals surface area contributed by atoms with Gasteiger partial charge in [0.25, 0.3) is 5.91 Å². The molecule has 0 heterocycles. The van der Waals surface area contributed by atoms with E-state index in [4.69, 9.17) is 11.2 Å². The third-order valence-electron chi connectivity index (χ3n) is 4.38. The van der Waals surface area contributed by atoms with E-state index >= 15 is 0 Å². The molecule has 1 aromatic carbocycles. The average Bonchev–Trinajstić information content (AvgIpc) is 2.66. The molecule has 0 saturated heterocycles. The van der Waals surface area contributed by atoms with Crippen molar-refractivity contribution >= 4 is 17.9 Å². The fourth-order valence-corrected chi connectivity index (χ4v) is 2.81. The molecule has 0 bridgehead atoms. The van der Waals surface area contributed by atoms with Crippen LogP contribution < -0.4 is 10.6 Å². The molecule has 0 aromatic heterocycles. The van der Waals surface area contributed by atoms with Gasteiger partial charge in [-0.1, -0.05) is 38.0 Å². The van der Waals surface area contributed by atoms with Gasteiger partial charge in [-0.3, -0.25) is 14.5 Å². The van der Waals surface area contributed by atoms with Crippen molar-refractivity contribution in [2.45, 2.75) is 72.1 Å². The van der Waals surface area contributed by atoms with Crippen molar-refractivity contribution in [3.63, 3.8) is 0 Å². The molecule has 170 valence electrons. The number of benzene rings is 1. The Morgan fingerprint density at radius 2 is 1.94 bits per heavy atom. The van der Waals surface area contributed by atoms with Gasteiger partial charge in [-0.25, -0.2) is 4.79 Å². The van der Waals surface area contributed by atoms with Crippen LogP contribution in [0.25, 0.3) is 0 Å². The molecule has 2 unspecified atom stereocenters. The van der Waals surface area contributed by atoms with Crippen molar-refractivity contribution in [3.05, 3.63) is 29.3 Å². The Balaban J connectivity index is 3.23. The summed E-state index contributed by atoms with van der Waals surface area (Å²) in [6.45, 7) is 10.6. The standard InChI is InChI=1S/C23H33N3O5/c1-8-10-14-24-20(28)18(17-13-11-12-15(3)19(17)27)26(9-2)21(29)16(4)25-22(30)31-23(5,6)7/h2,11-13,16,18,27H,8,10,14H2,1,3-7H3,(H,24,28)(H,25,30). The maximum absolute atomic E-state index is 13.1. The minimum atomic E-state index is -1.27. The fourth-order valence-electron chi connectivity index (χ4n) is 2.81. The molecule has 31 heavy (non-hydrogen) atoms. The molecule has 0 saturated carbocycles. The second kappa shape index (κ2) is 11.3. The number of nitrogens with one attached hydrogen (secondary N) is 2. The zero-order valence-electron chi connectivity index (χ0n) is 19.1. The predicted octanol–water partition coefficient (Wildman–Crippen LogP) is 2.99. The molecule has 8 nitrogen and oxygen atoms in total. The van der Waals surface area contributed by atoms with Crippen LogP contribution in [0.1, 0.15) is 64.6 Å². The van der Waals surface area contributed by atoms with Crippen LogP contribution in [0.5, 0.6) is 5.75 Å². The predicted molar refractivity (Wildman–Crippen MR) is 118 cm³/mol. The van der Waals surface area contributed by atoms with Crippen LogP contribution in [0.4, 0.5) is 4.79 Å². The van der Waals surface area contributed by atoms with Crippen molar-refractivity contribution < 1.29 is 24.2 Å². The number of carbonyl (C=O) groups is 3. The van der Waals surface area contributed by atoms with E-state index in [-0.39, 0.29) is 11.3 Å². The maximum Gasteiger partial charge on any atom is 0.408 e. The number of hydrogen-bond donors (Lipinski definition) is 3. The summed E-state index contributed by atoms with van der Waals surface area (Å²) < 4.78 is 5.17. The van der Waals surface area contributed by atoms with Gasteiger partial charge < -0.3 is 20.5 Å². The molecule has 2 atom stereocenters. The van der Waals surface area contributed by atoms with E-state index in [1.165, 1.54) is 13.0 Å². The topological polar surface area (TPSA) is 108 Å². The number of alkyl carbamates (subject to hydrolysis) is 1. The average molecular weight is 432 g/mol. The van der Waals surface area contributed by atoms with Gasteiger partial charge in [0, 0.05) is 18.2 Å². The number of carbonyl (C=O) groups excluding carboxylic acids is 3. The lowest BCUT2D eigenvalue weighted by Gasteiger charge is -2.29. The number of aromatic hydroxyl groups is 1. The number of para-hydroxylation sites is 1. The molecule has 3 amide bonds. The van der Waals surface area contributed by atoms with Gasteiger partial charge >= 0.3 is 6.09 Å². The highest BCUT2D eigenvalue weighted by Crippen LogP contribution is 2.31. The fraction of sp³-hybridized carbons (Fsp3) is 0.522. The van der Waals surface area contributed by atoms with Gasteiger partial charge in [0.1, 0.15) is 17.4 Å². The van der Waals surface area contributed by atoms with Crippen LogP contribution in [-0.4, -0.2) is 46.1 Å². The van der Waals surface area contributed by atoms with E-state index in [1.54, 1.807) is 39.8 Å². The normalized spacial score (nSPS) is 12.8. The van der Waals surface area contributed by atoms with Crippen LogP contribution in [-0.2, 0) is 14.3 Å². The monoisotopic (exact) mass is 431 g/mol. The third kappa shape index (κ3) is 7.52.